The molecule has 0 aromatic heterocycles. The predicted molar refractivity (Wildman–Crippen MR) is 76.6 cm³/mol. The zero-order valence-corrected chi connectivity index (χ0v) is 11.8. The molecule has 2 unspecified atom stereocenters. The molecule has 2 atom stereocenters. The summed E-state index contributed by atoms with van der Waals surface area (Å²) in [5.74, 6) is 0.503. The van der Waals surface area contributed by atoms with Crippen LogP contribution >= 0.6 is 0 Å². The minimum atomic E-state index is -2.75. The van der Waals surface area contributed by atoms with Crippen molar-refractivity contribution in [3.8, 4) is 0 Å². The summed E-state index contributed by atoms with van der Waals surface area (Å²) >= 11 is 0. The van der Waals surface area contributed by atoms with E-state index in [1.807, 2.05) is 4.90 Å². The molecule has 0 radical (unpaired) electrons. The fourth-order valence-corrected chi connectivity index (χ4v) is 2.88. The van der Waals surface area contributed by atoms with E-state index in [9.17, 15) is 18.9 Å². The van der Waals surface area contributed by atoms with Crippen LogP contribution in [-0.2, 0) is 0 Å². The minimum absolute atomic E-state index is 0.00675. The van der Waals surface area contributed by atoms with E-state index in [0.717, 1.165) is 18.9 Å². The zero-order chi connectivity index (χ0) is 15.6. The Bertz CT molecular complexity index is 525. The number of benzene rings is 1. The van der Waals surface area contributed by atoms with Crippen molar-refractivity contribution in [3.05, 3.63) is 33.9 Å². The topological polar surface area (TPSA) is 72.4 Å². The Morgan fingerprint density at radius 2 is 2.24 bits per heavy atom. The number of anilines is 1. The molecule has 2 N–H and O–H groups in total. The fourth-order valence-electron chi connectivity index (χ4n) is 2.88. The third-order valence-corrected chi connectivity index (χ3v) is 4.02. The van der Waals surface area contributed by atoms with Gasteiger partial charge >= 0.3 is 0 Å². The molecular formula is C14H19F2N3O2. The monoisotopic (exact) mass is 299 g/mol. The van der Waals surface area contributed by atoms with Crippen LogP contribution in [0, 0.1) is 16.0 Å². The van der Waals surface area contributed by atoms with Crippen LogP contribution in [0.2, 0.25) is 0 Å². The average Bonchev–Trinajstić information content (AvgIpc) is 2.46. The number of rotatable bonds is 4. The van der Waals surface area contributed by atoms with Crippen LogP contribution in [0.5, 0.6) is 0 Å². The Labute approximate surface area is 121 Å². The molecule has 1 aromatic carbocycles. The van der Waals surface area contributed by atoms with E-state index in [0.29, 0.717) is 24.7 Å². The molecule has 2 rings (SSSR count). The summed E-state index contributed by atoms with van der Waals surface area (Å²) in [5, 5.41) is 10.8. The predicted octanol–water partition coefficient (Wildman–Crippen LogP) is 3.10. The van der Waals surface area contributed by atoms with Gasteiger partial charge in [0.15, 0.2) is 0 Å². The van der Waals surface area contributed by atoms with Gasteiger partial charge in [0.05, 0.1) is 4.92 Å². The SMILES string of the molecule is CC1CCN(c2ccc([N+](=O)[O-])cc2C(F)F)C(CN)C1. The highest BCUT2D eigenvalue weighted by Gasteiger charge is 2.29. The van der Waals surface area contributed by atoms with Crippen LogP contribution in [0.1, 0.15) is 31.8 Å². The van der Waals surface area contributed by atoms with Gasteiger partial charge < -0.3 is 10.6 Å². The summed E-state index contributed by atoms with van der Waals surface area (Å²) in [6.07, 6.45) is -1.01. The molecule has 1 saturated heterocycles. The van der Waals surface area contributed by atoms with Gasteiger partial charge in [0, 0.05) is 42.5 Å². The third kappa shape index (κ3) is 3.29. The third-order valence-electron chi connectivity index (χ3n) is 4.02. The highest BCUT2D eigenvalue weighted by Crippen LogP contribution is 2.36. The van der Waals surface area contributed by atoms with Crippen molar-refractivity contribution in [3.63, 3.8) is 0 Å². The Hall–Kier alpha value is -1.76. The van der Waals surface area contributed by atoms with Gasteiger partial charge in [0.2, 0.25) is 0 Å². The van der Waals surface area contributed by atoms with Gasteiger partial charge in [-0.1, -0.05) is 6.92 Å². The standard InChI is InChI=1S/C14H19F2N3O2/c1-9-4-5-18(11(6-9)8-17)13-3-2-10(19(20)21)7-12(13)14(15)16/h2-3,7,9,11,14H,4-6,8,17H2,1H3. The van der Waals surface area contributed by atoms with Crippen molar-refractivity contribution in [2.45, 2.75) is 32.2 Å². The lowest BCUT2D eigenvalue weighted by molar-refractivity contribution is -0.385. The number of nitrogens with two attached hydrogens (primary N) is 1. The summed E-state index contributed by atoms with van der Waals surface area (Å²) in [6, 6.07) is 3.64. The summed E-state index contributed by atoms with van der Waals surface area (Å²) < 4.78 is 26.5. The first-order valence-corrected chi connectivity index (χ1v) is 6.97. The van der Waals surface area contributed by atoms with Gasteiger partial charge in [-0.05, 0) is 24.8 Å². The van der Waals surface area contributed by atoms with Crippen LogP contribution in [0.4, 0.5) is 20.2 Å². The lowest BCUT2D eigenvalue weighted by atomic mass is 9.91. The number of nitro groups is 1. The molecule has 0 saturated carbocycles. The molecule has 1 aliphatic rings. The van der Waals surface area contributed by atoms with Crippen LogP contribution in [0.3, 0.4) is 0 Å². The van der Waals surface area contributed by atoms with Crippen LogP contribution in [0.25, 0.3) is 0 Å². The maximum atomic E-state index is 13.3. The molecule has 116 valence electrons. The van der Waals surface area contributed by atoms with Crippen LogP contribution < -0.4 is 10.6 Å². The van der Waals surface area contributed by atoms with Gasteiger partial charge in [0.1, 0.15) is 0 Å². The number of nitro benzene ring substituents is 1. The van der Waals surface area contributed by atoms with E-state index in [1.54, 1.807) is 0 Å². The van der Waals surface area contributed by atoms with Gasteiger partial charge in [-0.25, -0.2) is 8.78 Å². The number of hydrogen-bond donors (Lipinski definition) is 1. The Morgan fingerprint density at radius 3 is 2.81 bits per heavy atom. The molecule has 21 heavy (non-hydrogen) atoms. The summed E-state index contributed by atoms with van der Waals surface area (Å²) in [6.45, 7) is 3.13. The highest BCUT2D eigenvalue weighted by molar-refractivity contribution is 5.59. The number of alkyl halides is 2. The van der Waals surface area contributed by atoms with Crippen molar-refractivity contribution >= 4 is 11.4 Å². The lowest BCUT2D eigenvalue weighted by Crippen LogP contribution is -2.46. The molecule has 0 bridgehead atoms. The smallest absolute Gasteiger partial charge is 0.270 e. The Balaban J connectivity index is 2.40. The number of piperidine rings is 1. The van der Waals surface area contributed by atoms with E-state index >= 15 is 0 Å². The Kier molecular flexibility index (Phi) is 4.72. The van der Waals surface area contributed by atoms with E-state index < -0.39 is 11.3 Å². The molecule has 0 amide bonds. The molecule has 7 heteroatoms. The van der Waals surface area contributed by atoms with Crippen molar-refractivity contribution in [1.29, 1.82) is 0 Å². The number of non-ortho nitro benzene ring substituents is 1. The molecule has 1 fully saturated rings. The van der Waals surface area contributed by atoms with Crippen LogP contribution in [-0.4, -0.2) is 24.1 Å². The summed E-state index contributed by atoms with van der Waals surface area (Å²) in [4.78, 5) is 12.0. The lowest BCUT2D eigenvalue weighted by Gasteiger charge is -2.40. The van der Waals surface area contributed by atoms with E-state index in [-0.39, 0.29) is 17.3 Å². The second kappa shape index (κ2) is 6.34. The fraction of sp³-hybridized carbons (Fsp3) is 0.571. The van der Waals surface area contributed by atoms with E-state index in [4.69, 9.17) is 5.73 Å². The van der Waals surface area contributed by atoms with E-state index in [1.165, 1.54) is 12.1 Å². The van der Waals surface area contributed by atoms with Crippen molar-refractivity contribution in [2.24, 2.45) is 11.7 Å². The maximum absolute atomic E-state index is 13.3. The van der Waals surface area contributed by atoms with Crippen LogP contribution in [0.15, 0.2) is 18.2 Å². The molecule has 0 spiro atoms. The zero-order valence-electron chi connectivity index (χ0n) is 11.8. The van der Waals surface area contributed by atoms with Gasteiger partial charge in [-0.15, -0.1) is 0 Å². The number of halogens is 2. The number of hydrogen-bond acceptors (Lipinski definition) is 4. The second-order valence-corrected chi connectivity index (χ2v) is 5.51. The molecule has 1 heterocycles. The number of nitrogens with zero attached hydrogens (tertiary/aromatic N) is 2. The largest absolute Gasteiger partial charge is 0.367 e. The summed E-state index contributed by atoms with van der Waals surface area (Å²) in [5.41, 5.74) is 5.51. The molecule has 0 aliphatic carbocycles. The second-order valence-electron chi connectivity index (χ2n) is 5.51. The molecule has 1 aliphatic heterocycles. The average molecular weight is 299 g/mol. The van der Waals surface area contributed by atoms with Crippen molar-refractivity contribution < 1.29 is 13.7 Å². The highest BCUT2D eigenvalue weighted by atomic mass is 19.3. The molecule has 1 aromatic rings. The van der Waals surface area contributed by atoms with Crippen molar-refractivity contribution in [2.75, 3.05) is 18.0 Å². The summed E-state index contributed by atoms with van der Waals surface area (Å²) in [7, 11) is 0. The van der Waals surface area contributed by atoms with Crippen molar-refractivity contribution in [1.82, 2.24) is 0 Å². The van der Waals surface area contributed by atoms with Gasteiger partial charge in [0.25, 0.3) is 12.1 Å². The first-order valence-electron chi connectivity index (χ1n) is 6.97. The molecule has 5 nitrogen and oxygen atoms in total. The molecular weight excluding hydrogens is 280 g/mol. The normalized spacial score (nSPS) is 22.6. The van der Waals surface area contributed by atoms with Gasteiger partial charge in [-0.2, -0.15) is 0 Å². The van der Waals surface area contributed by atoms with Gasteiger partial charge in [-0.3, -0.25) is 10.1 Å². The quantitative estimate of drug-likeness (QED) is 0.685. The minimum Gasteiger partial charge on any atom is -0.367 e. The maximum Gasteiger partial charge on any atom is 0.270 e. The first kappa shape index (κ1) is 15.6. The first-order chi connectivity index (χ1) is 9.93. The van der Waals surface area contributed by atoms with E-state index in [2.05, 4.69) is 6.92 Å². The Morgan fingerprint density at radius 1 is 1.52 bits per heavy atom.